The first-order valence-corrected chi connectivity index (χ1v) is 7.46. The summed E-state index contributed by atoms with van der Waals surface area (Å²) in [6.45, 7) is 2.15. The lowest BCUT2D eigenvalue weighted by Gasteiger charge is -2.12. The Morgan fingerprint density at radius 1 is 1.13 bits per heavy atom. The summed E-state index contributed by atoms with van der Waals surface area (Å²) in [6, 6.07) is 13.0. The second-order valence-corrected chi connectivity index (χ2v) is 5.07. The van der Waals surface area contributed by atoms with Gasteiger partial charge in [0.2, 0.25) is 0 Å². The molecule has 1 aliphatic rings. The van der Waals surface area contributed by atoms with Gasteiger partial charge in [0, 0.05) is 0 Å². The molecule has 0 aromatic heterocycles. The van der Waals surface area contributed by atoms with Crippen LogP contribution in [-0.2, 0) is 16.0 Å². The molecule has 1 aliphatic heterocycles. The molecule has 0 bridgehead atoms. The highest BCUT2D eigenvalue weighted by Gasteiger charge is 2.36. The molecular formula is C17H17BO5. The summed E-state index contributed by atoms with van der Waals surface area (Å²) in [4.78, 5) is 11.7. The largest absolute Gasteiger partial charge is 0.636 e. The van der Waals surface area contributed by atoms with Crippen LogP contribution in [0.15, 0.2) is 42.5 Å². The van der Waals surface area contributed by atoms with Crippen molar-refractivity contribution in [2.24, 2.45) is 0 Å². The van der Waals surface area contributed by atoms with Crippen LogP contribution in [-0.4, -0.2) is 26.8 Å². The Bertz CT molecular complexity index is 691. The molecule has 0 saturated carbocycles. The van der Waals surface area contributed by atoms with Gasteiger partial charge in [-0.3, -0.25) is 4.79 Å². The fourth-order valence-corrected chi connectivity index (χ4v) is 2.48. The fraction of sp³-hybridized carbons (Fsp3) is 0.235. The summed E-state index contributed by atoms with van der Waals surface area (Å²) in [5.41, 5.74) is 1.56. The van der Waals surface area contributed by atoms with Crippen LogP contribution >= 0.6 is 0 Å². The number of hydrogen-bond acceptors (Lipinski definition) is 5. The van der Waals surface area contributed by atoms with Gasteiger partial charge in [0.05, 0.1) is 25.6 Å². The number of esters is 1. The maximum atomic E-state index is 11.7. The van der Waals surface area contributed by atoms with Gasteiger partial charge >= 0.3 is 13.1 Å². The Kier molecular flexibility index (Phi) is 4.41. The molecule has 0 radical (unpaired) electrons. The first-order valence-electron chi connectivity index (χ1n) is 7.46. The van der Waals surface area contributed by atoms with Crippen LogP contribution in [0.5, 0.6) is 17.2 Å². The summed E-state index contributed by atoms with van der Waals surface area (Å²) in [5, 5.41) is 0. The average molecular weight is 312 g/mol. The van der Waals surface area contributed by atoms with E-state index in [2.05, 4.69) is 0 Å². The lowest BCUT2D eigenvalue weighted by Crippen LogP contribution is -2.40. The zero-order valence-electron chi connectivity index (χ0n) is 13.1. The van der Waals surface area contributed by atoms with Crippen LogP contribution in [0.25, 0.3) is 0 Å². The lowest BCUT2D eigenvalue weighted by molar-refractivity contribution is -0.142. The Hall–Kier alpha value is -2.63. The lowest BCUT2D eigenvalue weighted by atomic mass is 9.77. The number of fused-ring (bicyclic) bond motifs is 1. The highest BCUT2D eigenvalue weighted by molar-refractivity contribution is 6.64. The van der Waals surface area contributed by atoms with E-state index in [1.165, 1.54) is 0 Å². The van der Waals surface area contributed by atoms with E-state index >= 15 is 0 Å². The van der Waals surface area contributed by atoms with Crippen molar-refractivity contribution in [1.82, 2.24) is 0 Å². The van der Waals surface area contributed by atoms with Gasteiger partial charge in [0.25, 0.3) is 0 Å². The molecule has 0 N–H and O–H groups in total. The van der Waals surface area contributed by atoms with E-state index in [4.69, 9.17) is 18.8 Å². The van der Waals surface area contributed by atoms with Gasteiger partial charge in [-0.25, -0.2) is 0 Å². The monoisotopic (exact) mass is 312 g/mol. The van der Waals surface area contributed by atoms with Gasteiger partial charge in [0.15, 0.2) is 0 Å². The molecule has 0 saturated heterocycles. The minimum Gasteiger partial charge on any atom is -0.519 e. The normalized spacial score (nSPS) is 12.2. The van der Waals surface area contributed by atoms with Crippen LogP contribution in [0, 0.1) is 0 Å². The molecule has 0 spiro atoms. The maximum absolute atomic E-state index is 11.7. The predicted molar refractivity (Wildman–Crippen MR) is 86.4 cm³/mol. The van der Waals surface area contributed by atoms with Crippen LogP contribution in [0.1, 0.15) is 12.5 Å². The van der Waals surface area contributed by atoms with Crippen molar-refractivity contribution in [2.75, 3.05) is 13.7 Å². The number of carbonyl (C=O) groups excluding carboxylic acids is 1. The molecule has 2 aromatic carbocycles. The van der Waals surface area contributed by atoms with E-state index in [1.54, 1.807) is 20.1 Å². The van der Waals surface area contributed by atoms with Gasteiger partial charge in [0.1, 0.15) is 17.2 Å². The van der Waals surface area contributed by atoms with Crippen LogP contribution in [0.4, 0.5) is 0 Å². The minimum atomic E-state index is -0.593. The van der Waals surface area contributed by atoms with Crippen molar-refractivity contribution in [3.8, 4) is 17.2 Å². The molecule has 6 heteroatoms. The number of para-hydroxylation sites is 2. The zero-order chi connectivity index (χ0) is 16.2. The van der Waals surface area contributed by atoms with Gasteiger partial charge in [-0.1, -0.05) is 24.3 Å². The Balaban J connectivity index is 1.85. The summed E-state index contributed by atoms with van der Waals surface area (Å²) >= 11 is 0. The van der Waals surface area contributed by atoms with Crippen molar-refractivity contribution < 1.29 is 23.6 Å². The highest BCUT2D eigenvalue weighted by atomic mass is 16.6. The Labute approximate surface area is 135 Å². The van der Waals surface area contributed by atoms with Crippen molar-refractivity contribution in [3.05, 3.63) is 48.0 Å². The highest BCUT2D eigenvalue weighted by Crippen LogP contribution is 2.33. The van der Waals surface area contributed by atoms with Crippen molar-refractivity contribution >= 4 is 18.6 Å². The SMILES string of the molecule is CCOC(=O)Cc1ccc(OC)c(B2Oc3ccccc3O2)c1. The third-order valence-corrected chi connectivity index (χ3v) is 3.52. The average Bonchev–Trinajstić information content (AvgIpc) is 2.99. The van der Waals surface area contributed by atoms with Crippen molar-refractivity contribution in [1.29, 1.82) is 0 Å². The molecule has 0 amide bonds. The molecule has 23 heavy (non-hydrogen) atoms. The molecular weight excluding hydrogens is 295 g/mol. The number of carbonyl (C=O) groups is 1. The molecule has 0 unspecified atom stereocenters. The number of ether oxygens (including phenoxy) is 2. The van der Waals surface area contributed by atoms with E-state index in [0.717, 1.165) is 11.0 Å². The van der Waals surface area contributed by atoms with Crippen molar-refractivity contribution in [3.63, 3.8) is 0 Å². The summed E-state index contributed by atoms with van der Waals surface area (Å²) in [7, 11) is 0.996. The zero-order valence-corrected chi connectivity index (χ0v) is 13.1. The summed E-state index contributed by atoms with van der Waals surface area (Å²) in [6.07, 6.45) is 0.199. The van der Waals surface area contributed by atoms with E-state index in [0.29, 0.717) is 23.9 Å². The van der Waals surface area contributed by atoms with E-state index in [9.17, 15) is 4.79 Å². The third-order valence-electron chi connectivity index (χ3n) is 3.52. The van der Waals surface area contributed by atoms with E-state index < -0.39 is 7.12 Å². The smallest absolute Gasteiger partial charge is 0.519 e. The summed E-state index contributed by atoms with van der Waals surface area (Å²) in [5.74, 6) is 1.77. The molecule has 3 rings (SSSR count). The second kappa shape index (κ2) is 6.65. The molecule has 0 aliphatic carbocycles. The summed E-state index contributed by atoms with van der Waals surface area (Å²) < 4.78 is 22.0. The predicted octanol–water partition coefficient (Wildman–Crippen LogP) is 1.97. The topological polar surface area (TPSA) is 54.0 Å². The number of rotatable bonds is 5. The standard InChI is InChI=1S/C17H17BO5/c1-3-21-17(19)11-12-8-9-14(20-2)13(10-12)18-22-15-6-4-5-7-16(15)23-18/h4-10H,3,11H2,1-2H3. The molecule has 118 valence electrons. The van der Waals surface area contributed by atoms with Crippen LogP contribution in [0.2, 0.25) is 0 Å². The maximum Gasteiger partial charge on any atom is 0.636 e. The molecule has 5 nitrogen and oxygen atoms in total. The fourth-order valence-electron chi connectivity index (χ4n) is 2.48. The quantitative estimate of drug-likeness (QED) is 0.624. The van der Waals surface area contributed by atoms with E-state index in [-0.39, 0.29) is 12.4 Å². The molecule has 0 fully saturated rings. The Morgan fingerprint density at radius 2 is 1.83 bits per heavy atom. The van der Waals surface area contributed by atoms with Gasteiger partial charge in [-0.15, -0.1) is 0 Å². The van der Waals surface area contributed by atoms with Gasteiger partial charge in [-0.05, 0) is 30.7 Å². The Morgan fingerprint density at radius 3 is 2.43 bits per heavy atom. The number of hydrogen-bond donors (Lipinski definition) is 0. The third kappa shape index (κ3) is 3.26. The first-order chi connectivity index (χ1) is 11.2. The molecule has 1 heterocycles. The van der Waals surface area contributed by atoms with Gasteiger partial charge in [-0.2, -0.15) is 0 Å². The number of benzene rings is 2. The second-order valence-electron chi connectivity index (χ2n) is 5.07. The molecule has 2 aromatic rings. The minimum absolute atomic E-state index is 0.199. The van der Waals surface area contributed by atoms with Crippen LogP contribution < -0.4 is 19.5 Å². The van der Waals surface area contributed by atoms with Crippen molar-refractivity contribution in [2.45, 2.75) is 13.3 Å². The van der Waals surface area contributed by atoms with E-state index in [1.807, 2.05) is 36.4 Å². The first kappa shape index (κ1) is 15.3. The molecule has 0 atom stereocenters. The van der Waals surface area contributed by atoms with Crippen LogP contribution in [0.3, 0.4) is 0 Å². The van der Waals surface area contributed by atoms with Gasteiger partial charge < -0.3 is 18.8 Å². The number of methoxy groups -OCH3 is 1.